The number of hydrogen-bond acceptors (Lipinski definition) is 3. The van der Waals surface area contributed by atoms with Crippen LogP contribution in [0.1, 0.15) is 29.2 Å². The highest BCUT2D eigenvalue weighted by Crippen LogP contribution is 2.34. The van der Waals surface area contributed by atoms with Crippen LogP contribution < -0.4 is 0 Å². The van der Waals surface area contributed by atoms with Crippen molar-refractivity contribution in [2.45, 2.75) is 27.7 Å². The van der Waals surface area contributed by atoms with Crippen molar-refractivity contribution in [3.63, 3.8) is 0 Å². The van der Waals surface area contributed by atoms with Crippen LogP contribution in [0.2, 0.25) is 0 Å². The van der Waals surface area contributed by atoms with E-state index in [0.29, 0.717) is 6.54 Å². The average molecular weight is 350 g/mol. The molecule has 0 atom stereocenters. The van der Waals surface area contributed by atoms with Gasteiger partial charge in [-0.1, -0.05) is 42.0 Å². The molecule has 4 heteroatoms. The van der Waals surface area contributed by atoms with Crippen LogP contribution >= 0.6 is 11.8 Å². The van der Waals surface area contributed by atoms with E-state index in [1.807, 2.05) is 32.1 Å². The molecule has 0 spiro atoms. The van der Waals surface area contributed by atoms with Crippen molar-refractivity contribution in [3.05, 3.63) is 69.6 Å². The summed E-state index contributed by atoms with van der Waals surface area (Å²) < 4.78 is 0. The van der Waals surface area contributed by atoms with Crippen molar-refractivity contribution in [1.82, 2.24) is 4.90 Å². The van der Waals surface area contributed by atoms with E-state index < -0.39 is 0 Å². The Morgan fingerprint density at radius 2 is 1.72 bits per heavy atom. The number of aliphatic imine (C=N–C) groups is 1. The Morgan fingerprint density at radius 1 is 1.04 bits per heavy atom. The minimum Gasteiger partial charge on any atom is -0.287 e. The summed E-state index contributed by atoms with van der Waals surface area (Å²) in [6.45, 7) is 8.74. The molecule has 3 nitrogen and oxygen atoms in total. The summed E-state index contributed by atoms with van der Waals surface area (Å²) in [7, 11) is 0. The first-order chi connectivity index (χ1) is 12.0. The molecule has 1 amide bonds. The highest BCUT2D eigenvalue weighted by Gasteiger charge is 2.32. The Morgan fingerprint density at radius 3 is 2.40 bits per heavy atom. The van der Waals surface area contributed by atoms with Crippen molar-refractivity contribution in [1.29, 1.82) is 0 Å². The largest absolute Gasteiger partial charge is 0.287 e. The Balaban J connectivity index is 1.96. The van der Waals surface area contributed by atoms with Crippen molar-refractivity contribution in [3.8, 4) is 0 Å². The Labute approximate surface area is 153 Å². The van der Waals surface area contributed by atoms with Gasteiger partial charge in [0.1, 0.15) is 0 Å². The third-order valence-corrected chi connectivity index (χ3v) is 5.17. The number of carbonyl (C=O) groups is 1. The lowest BCUT2D eigenvalue weighted by atomic mass is 10.1. The molecule has 2 aromatic carbocycles. The van der Waals surface area contributed by atoms with Crippen LogP contribution in [0.4, 0.5) is 5.69 Å². The molecule has 1 aliphatic heterocycles. The second-order valence-electron chi connectivity index (χ2n) is 6.26. The van der Waals surface area contributed by atoms with E-state index in [4.69, 9.17) is 4.99 Å². The second kappa shape index (κ2) is 7.28. The van der Waals surface area contributed by atoms with Crippen molar-refractivity contribution in [2.75, 3.05) is 6.54 Å². The van der Waals surface area contributed by atoms with Crippen LogP contribution in [0.3, 0.4) is 0 Å². The number of amides is 1. The van der Waals surface area contributed by atoms with Gasteiger partial charge in [-0.3, -0.25) is 9.69 Å². The fourth-order valence-corrected chi connectivity index (χ4v) is 3.68. The molecule has 0 unspecified atom stereocenters. The number of thioether (sulfide) groups is 1. The molecule has 1 heterocycles. The van der Waals surface area contributed by atoms with Crippen LogP contribution in [0.15, 0.2) is 52.4 Å². The summed E-state index contributed by atoms with van der Waals surface area (Å²) in [5.41, 5.74) is 5.44. The summed E-state index contributed by atoms with van der Waals surface area (Å²) in [4.78, 5) is 19.9. The molecule has 128 valence electrons. The number of nitrogens with zero attached hydrogens (tertiary/aromatic N) is 2. The van der Waals surface area contributed by atoms with Gasteiger partial charge in [0, 0.05) is 6.54 Å². The fraction of sp³-hybridized carbons (Fsp3) is 0.238. The third-order valence-electron chi connectivity index (χ3n) is 4.16. The predicted octanol–water partition coefficient (Wildman–Crippen LogP) is 5.24. The highest BCUT2D eigenvalue weighted by molar-refractivity contribution is 8.18. The van der Waals surface area contributed by atoms with Gasteiger partial charge < -0.3 is 0 Å². The number of likely N-dealkylation sites (N-methyl/N-ethyl adjacent to an activating group) is 1. The summed E-state index contributed by atoms with van der Waals surface area (Å²) >= 11 is 1.45. The van der Waals surface area contributed by atoms with Gasteiger partial charge in [0.25, 0.3) is 5.91 Å². The summed E-state index contributed by atoms with van der Waals surface area (Å²) in [5, 5.41) is 0.750. The molecule has 3 rings (SSSR count). The van der Waals surface area contributed by atoms with E-state index in [-0.39, 0.29) is 5.91 Å². The molecule has 0 N–H and O–H groups in total. The predicted molar refractivity (Wildman–Crippen MR) is 107 cm³/mol. The molecule has 1 fully saturated rings. The topological polar surface area (TPSA) is 32.7 Å². The average Bonchev–Trinajstić information content (AvgIpc) is 2.88. The summed E-state index contributed by atoms with van der Waals surface area (Å²) in [6, 6.07) is 14.4. The third kappa shape index (κ3) is 3.85. The number of hydrogen-bond donors (Lipinski definition) is 0. The SMILES string of the molecule is CCN1C(=O)/C(=C\c2ccc(C)cc2)SC1=Nc1cc(C)ccc1C. The highest BCUT2D eigenvalue weighted by atomic mass is 32.2. The summed E-state index contributed by atoms with van der Waals surface area (Å²) in [5.74, 6) is 0.0251. The van der Waals surface area contributed by atoms with Gasteiger partial charge in [-0.15, -0.1) is 0 Å². The number of aryl methyl sites for hydroxylation is 3. The zero-order chi connectivity index (χ0) is 18.0. The van der Waals surface area contributed by atoms with Crippen molar-refractivity contribution < 1.29 is 4.79 Å². The van der Waals surface area contributed by atoms with Gasteiger partial charge in [0.05, 0.1) is 10.6 Å². The van der Waals surface area contributed by atoms with E-state index in [9.17, 15) is 4.79 Å². The number of benzene rings is 2. The van der Waals surface area contributed by atoms with Gasteiger partial charge in [-0.25, -0.2) is 4.99 Å². The quantitative estimate of drug-likeness (QED) is 0.710. The molecule has 0 saturated carbocycles. The standard InChI is InChI=1S/C21H22N2OS/c1-5-23-20(24)19(13-17-10-7-14(2)8-11-17)25-21(23)22-18-12-15(3)6-9-16(18)4/h6-13H,5H2,1-4H3/b19-13+,22-21?. The molecular formula is C21H22N2OS. The fourth-order valence-electron chi connectivity index (χ4n) is 2.63. The van der Waals surface area contributed by atoms with Crippen LogP contribution in [-0.2, 0) is 4.79 Å². The molecule has 0 radical (unpaired) electrons. The van der Waals surface area contributed by atoms with Crippen molar-refractivity contribution >= 4 is 34.6 Å². The van der Waals surface area contributed by atoms with E-state index in [1.165, 1.54) is 17.3 Å². The first-order valence-electron chi connectivity index (χ1n) is 8.42. The Hall–Kier alpha value is -2.33. The minimum absolute atomic E-state index is 0.0251. The van der Waals surface area contributed by atoms with Gasteiger partial charge in [0.2, 0.25) is 0 Å². The first kappa shape index (κ1) is 17.5. The lowest BCUT2D eigenvalue weighted by Crippen LogP contribution is -2.28. The molecule has 0 aliphatic carbocycles. The maximum Gasteiger partial charge on any atom is 0.266 e. The molecule has 25 heavy (non-hydrogen) atoms. The zero-order valence-electron chi connectivity index (χ0n) is 15.0. The molecule has 1 saturated heterocycles. The minimum atomic E-state index is 0.0251. The lowest BCUT2D eigenvalue weighted by Gasteiger charge is -2.12. The van der Waals surface area contributed by atoms with E-state index in [0.717, 1.165) is 32.5 Å². The maximum absolute atomic E-state index is 12.7. The smallest absolute Gasteiger partial charge is 0.266 e. The van der Waals surface area contributed by atoms with Crippen LogP contribution in [-0.4, -0.2) is 22.5 Å². The van der Waals surface area contributed by atoms with E-state index in [2.05, 4.69) is 44.2 Å². The van der Waals surface area contributed by atoms with Crippen LogP contribution in [0, 0.1) is 20.8 Å². The van der Waals surface area contributed by atoms with Crippen LogP contribution in [0.25, 0.3) is 6.08 Å². The Kier molecular flexibility index (Phi) is 5.09. The lowest BCUT2D eigenvalue weighted by molar-refractivity contribution is -0.122. The van der Waals surface area contributed by atoms with Gasteiger partial charge >= 0.3 is 0 Å². The molecular weight excluding hydrogens is 328 g/mol. The second-order valence-corrected chi connectivity index (χ2v) is 7.26. The number of amidine groups is 1. The Bertz CT molecular complexity index is 866. The van der Waals surface area contributed by atoms with Crippen molar-refractivity contribution in [2.24, 2.45) is 4.99 Å². The first-order valence-corrected chi connectivity index (χ1v) is 9.23. The van der Waals surface area contributed by atoms with Gasteiger partial charge in [-0.2, -0.15) is 0 Å². The van der Waals surface area contributed by atoms with Gasteiger partial charge in [0.15, 0.2) is 5.17 Å². The van der Waals surface area contributed by atoms with E-state index in [1.54, 1.807) is 4.90 Å². The number of rotatable bonds is 3. The monoisotopic (exact) mass is 350 g/mol. The zero-order valence-corrected chi connectivity index (χ0v) is 15.9. The van der Waals surface area contributed by atoms with Crippen LogP contribution in [0.5, 0.6) is 0 Å². The normalized spacial score (nSPS) is 17.8. The summed E-state index contributed by atoms with van der Waals surface area (Å²) in [6.07, 6.45) is 1.95. The maximum atomic E-state index is 12.7. The van der Waals surface area contributed by atoms with E-state index >= 15 is 0 Å². The molecule has 0 bridgehead atoms. The number of carbonyl (C=O) groups excluding carboxylic acids is 1. The molecule has 0 aromatic heterocycles. The molecule has 1 aliphatic rings. The van der Waals surface area contributed by atoms with Gasteiger partial charge in [-0.05, 0) is 68.3 Å². The molecule has 2 aromatic rings.